The monoisotopic (exact) mass is 425 g/mol. The molecule has 31 heavy (non-hydrogen) atoms. The van der Waals surface area contributed by atoms with Gasteiger partial charge in [-0.05, 0) is 81.7 Å². The zero-order valence-electron chi connectivity index (χ0n) is 18.3. The number of nitrogens with two attached hydrogens (primary N) is 1. The van der Waals surface area contributed by atoms with E-state index < -0.39 is 12.0 Å². The molecule has 0 aliphatic heterocycles. The van der Waals surface area contributed by atoms with Crippen molar-refractivity contribution >= 4 is 5.97 Å². The summed E-state index contributed by atoms with van der Waals surface area (Å²) in [4.78, 5) is 18.2. The third kappa shape index (κ3) is 7.96. The van der Waals surface area contributed by atoms with E-state index >= 15 is 0 Å². The summed E-state index contributed by atoms with van der Waals surface area (Å²) in [5, 5.41) is 9.07. The van der Waals surface area contributed by atoms with Gasteiger partial charge in [-0.1, -0.05) is 24.3 Å². The summed E-state index contributed by atoms with van der Waals surface area (Å²) >= 11 is 0. The van der Waals surface area contributed by atoms with Crippen LogP contribution in [0.25, 0.3) is 0 Å². The number of carboxylic acids is 1. The number of pyridine rings is 1. The molecule has 1 heterocycles. The largest absolute Gasteiger partial charge is 0.492 e. The van der Waals surface area contributed by atoms with Crippen LogP contribution in [0.3, 0.4) is 0 Å². The van der Waals surface area contributed by atoms with Gasteiger partial charge in [0.15, 0.2) is 0 Å². The van der Waals surface area contributed by atoms with E-state index in [0.717, 1.165) is 44.5 Å². The number of aromatic nitrogens is 1. The number of carboxylic acid groups (broad SMARTS) is 1. The van der Waals surface area contributed by atoms with Gasteiger partial charge < -0.3 is 15.6 Å². The maximum Gasteiger partial charge on any atom is 0.320 e. The fourth-order valence-electron chi connectivity index (χ4n) is 4.00. The quantitative estimate of drug-likeness (QED) is 0.478. The highest BCUT2D eigenvalue weighted by Gasteiger charge is 2.14. The van der Waals surface area contributed by atoms with Crippen molar-refractivity contribution in [3.05, 3.63) is 59.4 Å². The lowest BCUT2D eigenvalue weighted by Crippen LogP contribution is -2.37. The molecule has 2 aromatic rings. The Balaban J connectivity index is 1.43. The van der Waals surface area contributed by atoms with Gasteiger partial charge in [0.05, 0.1) is 0 Å². The Morgan fingerprint density at radius 3 is 2.68 bits per heavy atom. The lowest BCUT2D eigenvalue weighted by atomic mass is 9.95. The molecule has 0 saturated heterocycles. The first kappa shape index (κ1) is 23.2. The molecule has 1 aliphatic rings. The number of fused-ring (bicyclic) bond motifs is 1. The van der Waals surface area contributed by atoms with Gasteiger partial charge in [0.25, 0.3) is 0 Å². The fraction of sp³-hybridized carbons (Fsp3) is 0.520. The van der Waals surface area contributed by atoms with Gasteiger partial charge in [-0.3, -0.25) is 14.7 Å². The molecule has 0 saturated carbocycles. The van der Waals surface area contributed by atoms with Crippen LogP contribution < -0.4 is 10.5 Å². The summed E-state index contributed by atoms with van der Waals surface area (Å²) in [7, 11) is 0. The molecule has 6 nitrogen and oxygen atoms in total. The first-order valence-corrected chi connectivity index (χ1v) is 11.5. The van der Waals surface area contributed by atoms with E-state index in [1.165, 1.54) is 36.2 Å². The van der Waals surface area contributed by atoms with Crippen LogP contribution in [-0.2, 0) is 24.1 Å². The third-order valence-electron chi connectivity index (χ3n) is 5.89. The normalized spacial score (nSPS) is 14.3. The topological polar surface area (TPSA) is 88.7 Å². The van der Waals surface area contributed by atoms with Crippen LogP contribution in [0, 0.1) is 0 Å². The molecule has 1 aromatic heterocycles. The molecule has 1 aliphatic carbocycles. The minimum atomic E-state index is -0.945. The van der Waals surface area contributed by atoms with E-state index in [1.54, 1.807) is 0 Å². The van der Waals surface area contributed by atoms with Gasteiger partial charge >= 0.3 is 5.97 Å². The Labute approximate surface area is 185 Å². The number of para-hydroxylation sites is 1. The molecule has 0 fully saturated rings. The van der Waals surface area contributed by atoms with E-state index in [2.05, 4.69) is 17.0 Å². The van der Waals surface area contributed by atoms with Crippen molar-refractivity contribution in [1.29, 1.82) is 0 Å². The van der Waals surface area contributed by atoms with E-state index in [-0.39, 0.29) is 0 Å². The second-order valence-corrected chi connectivity index (χ2v) is 8.31. The highest BCUT2D eigenvalue weighted by molar-refractivity contribution is 5.72. The van der Waals surface area contributed by atoms with Gasteiger partial charge in [-0.15, -0.1) is 0 Å². The first-order valence-electron chi connectivity index (χ1n) is 11.5. The Bertz CT molecular complexity index is 813. The zero-order chi connectivity index (χ0) is 21.9. The Hall–Kier alpha value is -2.44. The Morgan fingerprint density at radius 2 is 1.87 bits per heavy atom. The number of hydrogen-bond donors (Lipinski definition) is 2. The molecule has 0 unspecified atom stereocenters. The predicted octanol–water partition coefficient (Wildman–Crippen LogP) is 3.47. The van der Waals surface area contributed by atoms with Crippen molar-refractivity contribution in [3.8, 4) is 5.75 Å². The molecule has 3 N–H and O–H groups in total. The van der Waals surface area contributed by atoms with Crippen LogP contribution in [0.1, 0.15) is 49.1 Å². The van der Waals surface area contributed by atoms with Crippen LogP contribution in [0.4, 0.5) is 0 Å². The first-order chi connectivity index (χ1) is 15.1. The molecule has 0 radical (unpaired) electrons. The van der Waals surface area contributed by atoms with Crippen LogP contribution in [0.5, 0.6) is 5.75 Å². The average Bonchev–Trinajstić information content (AvgIpc) is 2.80. The van der Waals surface area contributed by atoms with Crippen molar-refractivity contribution in [2.75, 3.05) is 26.2 Å². The van der Waals surface area contributed by atoms with E-state index in [4.69, 9.17) is 20.6 Å². The number of unbranched alkanes of at least 4 members (excludes halogenated alkanes) is 1. The lowest BCUT2D eigenvalue weighted by molar-refractivity contribution is -0.138. The highest BCUT2D eigenvalue weighted by atomic mass is 16.5. The second-order valence-electron chi connectivity index (χ2n) is 8.31. The van der Waals surface area contributed by atoms with Crippen LogP contribution >= 0.6 is 0 Å². The van der Waals surface area contributed by atoms with Crippen molar-refractivity contribution in [1.82, 2.24) is 9.88 Å². The standard InChI is InChI=1S/C25H35N3O3/c26-23(25(29)30)15-17-28(18-19-31-22-10-2-1-3-11-22)16-7-6-9-21-14-13-20-8-4-5-12-24(20)27-21/h1-3,10-11,13-14,23H,4-9,12,15-19,26H2,(H,29,30)/t23-/m0/s1. The van der Waals surface area contributed by atoms with Gasteiger partial charge in [-0.2, -0.15) is 0 Å². The van der Waals surface area contributed by atoms with E-state index in [9.17, 15) is 4.79 Å². The number of ether oxygens (including phenoxy) is 1. The second kappa shape index (κ2) is 12.4. The third-order valence-corrected chi connectivity index (χ3v) is 5.89. The van der Waals surface area contributed by atoms with Gasteiger partial charge in [0.1, 0.15) is 18.4 Å². The Kier molecular flexibility index (Phi) is 9.31. The molecule has 1 atom stereocenters. The molecule has 0 spiro atoms. The lowest BCUT2D eigenvalue weighted by Gasteiger charge is -2.23. The number of aryl methyl sites for hydroxylation is 3. The summed E-state index contributed by atoms with van der Waals surface area (Å²) in [5.74, 6) is -0.0952. The summed E-state index contributed by atoms with van der Waals surface area (Å²) in [6.07, 6.45) is 8.33. The molecule has 168 valence electrons. The van der Waals surface area contributed by atoms with Crippen molar-refractivity contribution in [3.63, 3.8) is 0 Å². The SMILES string of the molecule is N[C@@H](CCN(CCCCc1ccc2c(n1)CCCC2)CCOc1ccccc1)C(=O)O. The van der Waals surface area contributed by atoms with Crippen molar-refractivity contribution in [2.24, 2.45) is 5.73 Å². The summed E-state index contributed by atoms with van der Waals surface area (Å²) in [5.41, 5.74) is 9.62. The van der Waals surface area contributed by atoms with Crippen molar-refractivity contribution < 1.29 is 14.6 Å². The van der Waals surface area contributed by atoms with E-state index in [1.807, 2.05) is 30.3 Å². The van der Waals surface area contributed by atoms with E-state index in [0.29, 0.717) is 19.6 Å². The summed E-state index contributed by atoms with van der Waals surface area (Å²) < 4.78 is 5.82. The van der Waals surface area contributed by atoms with Gasteiger partial charge in [0, 0.05) is 24.5 Å². The van der Waals surface area contributed by atoms with Crippen LogP contribution in [0.2, 0.25) is 0 Å². The molecular formula is C25H35N3O3. The number of aliphatic carboxylic acids is 1. The predicted molar refractivity (Wildman–Crippen MR) is 122 cm³/mol. The fourth-order valence-corrected chi connectivity index (χ4v) is 4.00. The van der Waals surface area contributed by atoms with Crippen LogP contribution in [-0.4, -0.2) is 53.2 Å². The maximum absolute atomic E-state index is 11.1. The number of benzene rings is 1. The summed E-state index contributed by atoms with van der Waals surface area (Å²) in [6.45, 7) is 2.87. The smallest absolute Gasteiger partial charge is 0.320 e. The number of carbonyl (C=O) groups is 1. The molecule has 0 amide bonds. The maximum atomic E-state index is 11.1. The molecule has 0 bridgehead atoms. The molecule has 6 heteroatoms. The number of rotatable bonds is 13. The highest BCUT2D eigenvalue weighted by Crippen LogP contribution is 2.20. The number of hydrogen-bond acceptors (Lipinski definition) is 5. The summed E-state index contributed by atoms with van der Waals surface area (Å²) in [6, 6.07) is 13.4. The molecular weight excluding hydrogens is 390 g/mol. The zero-order valence-corrected chi connectivity index (χ0v) is 18.3. The molecule has 1 aromatic carbocycles. The van der Waals surface area contributed by atoms with Crippen LogP contribution in [0.15, 0.2) is 42.5 Å². The minimum absolute atomic E-state index is 0.438. The van der Waals surface area contributed by atoms with Crippen molar-refractivity contribution in [2.45, 2.75) is 57.4 Å². The number of nitrogens with zero attached hydrogens (tertiary/aromatic N) is 2. The molecule has 3 rings (SSSR count). The van der Waals surface area contributed by atoms with Gasteiger partial charge in [-0.25, -0.2) is 0 Å². The Morgan fingerprint density at radius 1 is 1.06 bits per heavy atom. The average molecular weight is 426 g/mol. The minimum Gasteiger partial charge on any atom is -0.492 e. The van der Waals surface area contributed by atoms with Gasteiger partial charge in [0.2, 0.25) is 0 Å².